The first-order valence-corrected chi connectivity index (χ1v) is 5.81. The van der Waals surface area contributed by atoms with Crippen LogP contribution < -0.4 is 10.6 Å². The zero-order valence-corrected chi connectivity index (χ0v) is 13.1. The van der Waals surface area contributed by atoms with Crippen molar-refractivity contribution in [2.24, 2.45) is 0 Å². The van der Waals surface area contributed by atoms with Gasteiger partial charge in [-0.2, -0.15) is 0 Å². The molecule has 3 atom stereocenters. The van der Waals surface area contributed by atoms with E-state index in [0.717, 1.165) is 6.54 Å². The van der Waals surface area contributed by atoms with Crippen LogP contribution in [0.4, 0.5) is 0 Å². The third-order valence-corrected chi connectivity index (χ3v) is 3.05. The summed E-state index contributed by atoms with van der Waals surface area (Å²) < 4.78 is 5.43. The zero-order chi connectivity index (χ0) is 12.1. The second-order valence-electron chi connectivity index (χ2n) is 4.57. The van der Waals surface area contributed by atoms with Gasteiger partial charge in [0, 0.05) is 19.1 Å². The van der Waals surface area contributed by atoms with Crippen molar-refractivity contribution in [3.63, 3.8) is 0 Å². The summed E-state index contributed by atoms with van der Waals surface area (Å²) in [6, 6.07) is 0.117. The van der Waals surface area contributed by atoms with E-state index in [9.17, 15) is 4.79 Å². The number of amides is 1. The molecule has 2 N–H and O–H groups in total. The van der Waals surface area contributed by atoms with Crippen LogP contribution in [0.3, 0.4) is 0 Å². The average Bonchev–Trinajstić information content (AvgIpc) is 2.25. The molecule has 1 fully saturated rings. The van der Waals surface area contributed by atoms with E-state index in [1.54, 1.807) is 0 Å². The van der Waals surface area contributed by atoms with Crippen LogP contribution in [0.5, 0.6) is 0 Å². The molecule has 7 heteroatoms. The minimum atomic E-state index is -0.219. The largest absolute Gasteiger partial charge is 0.375 e. The van der Waals surface area contributed by atoms with Gasteiger partial charge in [0.15, 0.2) is 0 Å². The number of carbonyl (C=O) groups excluding carboxylic acids is 1. The number of nitrogens with one attached hydrogen (secondary N) is 2. The maximum absolute atomic E-state index is 11.9. The summed E-state index contributed by atoms with van der Waals surface area (Å²) >= 11 is 0. The highest BCUT2D eigenvalue weighted by molar-refractivity contribution is 5.85. The first-order chi connectivity index (χ1) is 7.52. The highest BCUT2D eigenvalue weighted by Gasteiger charge is 2.28. The Balaban J connectivity index is 0. The van der Waals surface area contributed by atoms with E-state index < -0.39 is 0 Å². The van der Waals surface area contributed by atoms with E-state index in [1.165, 1.54) is 0 Å². The molecular formula is C11H25Cl2N3O2. The maximum Gasteiger partial charge on any atom is 0.239 e. The van der Waals surface area contributed by atoms with Gasteiger partial charge >= 0.3 is 0 Å². The normalized spacial score (nSPS) is 24.7. The van der Waals surface area contributed by atoms with E-state index in [-0.39, 0.29) is 42.9 Å². The third kappa shape index (κ3) is 6.20. The Morgan fingerprint density at radius 1 is 1.50 bits per heavy atom. The van der Waals surface area contributed by atoms with Crippen LogP contribution in [0.1, 0.15) is 13.8 Å². The van der Waals surface area contributed by atoms with Gasteiger partial charge in [-0.15, -0.1) is 24.8 Å². The SMILES string of the molecule is CC(CNC(=O)[C@H]1NCCO[C@@H]1C)N(C)C.Cl.Cl. The minimum Gasteiger partial charge on any atom is -0.375 e. The number of morpholine rings is 1. The fourth-order valence-electron chi connectivity index (χ4n) is 1.57. The molecule has 1 aliphatic heterocycles. The maximum atomic E-state index is 11.9. The summed E-state index contributed by atoms with van der Waals surface area (Å²) in [5.41, 5.74) is 0. The standard InChI is InChI=1S/C11H23N3O2.2ClH/c1-8(14(3)4)7-13-11(15)10-9(2)16-6-5-12-10;;/h8-10,12H,5-7H2,1-4H3,(H,13,15);2*1H/t8?,9-,10+;;/m1../s1. The van der Waals surface area contributed by atoms with Crippen LogP contribution in [0.15, 0.2) is 0 Å². The van der Waals surface area contributed by atoms with Crippen LogP contribution in [0.25, 0.3) is 0 Å². The zero-order valence-electron chi connectivity index (χ0n) is 11.4. The summed E-state index contributed by atoms with van der Waals surface area (Å²) in [5, 5.41) is 6.11. The quantitative estimate of drug-likeness (QED) is 0.783. The molecule has 5 nitrogen and oxygen atoms in total. The lowest BCUT2D eigenvalue weighted by Gasteiger charge is -2.30. The molecule has 0 radical (unpaired) electrons. The van der Waals surface area contributed by atoms with Crippen molar-refractivity contribution in [2.75, 3.05) is 33.8 Å². The lowest BCUT2D eigenvalue weighted by Crippen LogP contribution is -2.56. The molecule has 110 valence electrons. The van der Waals surface area contributed by atoms with Crippen LogP contribution in [-0.4, -0.2) is 62.8 Å². The fraction of sp³-hybridized carbons (Fsp3) is 0.909. The molecule has 1 unspecified atom stereocenters. The topological polar surface area (TPSA) is 53.6 Å². The Morgan fingerprint density at radius 2 is 2.11 bits per heavy atom. The van der Waals surface area contributed by atoms with Gasteiger partial charge < -0.3 is 20.3 Å². The van der Waals surface area contributed by atoms with Crippen LogP contribution in [0, 0.1) is 0 Å². The van der Waals surface area contributed by atoms with Gasteiger partial charge in [0.2, 0.25) is 5.91 Å². The molecule has 0 spiro atoms. The summed E-state index contributed by atoms with van der Waals surface area (Å²) in [6.07, 6.45) is -0.0524. The molecule has 0 aromatic rings. The summed E-state index contributed by atoms with van der Waals surface area (Å²) in [4.78, 5) is 13.9. The molecule has 1 amide bonds. The Kier molecular flexibility index (Phi) is 11.0. The fourth-order valence-corrected chi connectivity index (χ4v) is 1.57. The monoisotopic (exact) mass is 301 g/mol. The van der Waals surface area contributed by atoms with Gasteiger partial charge in [-0.25, -0.2) is 0 Å². The molecule has 0 aromatic heterocycles. The summed E-state index contributed by atoms with van der Waals surface area (Å²) in [5.74, 6) is 0.0286. The first kappa shape index (κ1) is 20.3. The highest BCUT2D eigenvalue weighted by Crippen LogP contribution is 2.03. The molecule has 1 aliphatic rings. The van der Waals surface area contributed by atoms with Gasteiger partial charge in [-0.05, 0) is 27.9 Å². The molecule has 1 saturated heterocycles. The Labute approximate surface area is 122 Å². The number of hydrogen-bond acceptors (Lipinski definition) is 4. The number of nitrogens with zero attached hydrogens (tertiary/aromatic N) is 1. The molecule has 0 bridgehead atoms. The lowest BCUT2D eigenvalue weighted by molar-refractivity contribution is -0.129. The molecule has 0 aromatic carbocycles. The molecule has 18 heavy (non-hydrogen) atoms. The molecular weight excluding hydrogens is 277 g/mol. The molecule has 0 saturated carbocycles. The number of hydrogen-bond donors (Lipinski definition) is 2. The summed E-state index contributed by atoms with van der Waals surface area (Å²) in [6.45, 7) is 6.09. The van der Waals surface area contributed by atoms with Crippen molar-refractivity contribution < 1.29 is 9.53 Å². The second-order valence-corrected chi connectivity index (χ2v) is 4.57. The number of carbonyl (C=O) groups is 1. The number of likely N-dealkylation sites (N-methyl/N-ethyl adjacent to an activating group) is 1. The average molecular weight is 302 g/mol. The van der Waals surface area contributed by atoms with Crippen molar-refractivity contribution in [3.05, 3.63) is 0 Å². The smallest absolute Gasteiger partial charge is 0.239 e. The predicted octanol–water partition coefficient (Wildman–Crippen LogP) is 0.273. The van der Waals surface area contributed by atoms with Crippen molar-refractivity contribution in [2.45, 2.75) is 32.0 Å². The van der Waals surface area contributed by atoms with Crippen molar-refractivity contribution >= 4 is 30.7 Å². The Bertz CT molecular complexity index is 242. The second kappa shape index (κ2) is 9.81. The van der Waals surface area contributed by atoms with E-state index in [2.05, 4.69) is 22.5 Å². The third-order valence-electron chi connectivity index (χ3n) is 3.05. The van der Waals surface area contributed by atoms with E-state index in [0.29, 0.717) is 19.2 Å². The van der Waals surface area contributed by atoms with Gasteiger partial charge in [0.25, 0.3) is 0 Å². The van der Waals surface area contributed by atoms with E-state index in [1.807, 2.05) is 21.0 Å². The Hall–Kier alpha value is -0.0700. The highest BCUT2D eigenvalue weighted by atomic mass is 35.5. The van der Waals surface area contributed by atoms with E-state index >= 15 is 0 Å². The Morgan fingerprint density at radius 3 is 2.61 bits per heavy atom. The molecule has 0 aliphatic carbocycles. The van der Waals surface area contributed by atoms with Gasteiger partial charge in [0.05, 0.1) is 12.7 Å². The van der Waals surface area contributed by atoms with Crippen LogP contribution in [0.2, 0.25) is 0 Å². The first-order valence-electron chi connectivity index (χ1n) is 5.81. The van der Waals surface area contributed by atoms with Gasteiger partial charge in [-0.1, -0.05) is 0 Å². The lowest BCUT2D eigenvalue weighted by atomic mass is 10.1. The van der Waals surface area contributed by atoms with Crippen molar-refractivity contribution in [3.8, 4) is 0 Å². The van der Waals surface area contributed by atoms with Crippen LogP contribution >= 0.6 is 24.8 Å². The number of ether oxygens (including phenoxy) is 1. The predicted molar refractivity (Wildman–Crippen MR) is 77.9 cm³/mol. The van der Waals surface area contributed by atoms with E-state index in [4.69, 9.17) is 4.74 Å². The van der Waals surface area contributed by atoms with Crippen molar-refractivity contribution in [1.29, 1.82) is 0 Å². The molecule has 1 heterocycles. The van der Waals surface area contributed by atoms with Crippen molar-refractivity contribution in [1.82, 2.24) is 15.5 Å². The number of rotatable bonds is 4. The van der Waals surface area contributed by atoms with Gasteiger partial charge in [-0.3, -0.25) is 4.79 Å². The van der Waals surface area contributed by atoms with Crippen LogP contribution in [-0.2, 0) is 9.53 Å². The molecule has 1 rings (SSSR count). The number of halogens is 2. The minimum absolute atomic E-state index is 0. The van der Waals surface area contributed by atoms with Gasteiger partial charge in [0.1, 0.15) is 6.04 Å². The summed E-state index contributed by atoms with van der Waals surface area (Å²) in [7, 11) is 4.00.